The highest BCUT2D eigenvalue weighted by molar-refractivity contribution is 6.00. The van der Waals surface area contributed by atoms with Gasteiger partial charge in [0.05, 0.1) is 24.9 Å². The van der Waals surface area contributed by atoms with Gasteiger partial charge in [-0.2, -0.15) is 0 Å². The zero-order valence-corrected chi connectivity index (χ0v) is 11.8. The van der Waals surface area contributed by atoms with Crippen LogP contribution in [0.2, 0.25) is 0 Å². The fourth-order valence-electron chi connectivity index (χ4n) is 2.49. The Labute approximate surface area is 123 Å². The number of para-hydroxylation sites is 1. The molecule has 5 heteroatoms. The molecular formula is C16H17N3O2. The number of benzene rings is 2. The number of nitrogens with one attached hydrogen (secondary N) is 2. The molecule has 0 fully saturated rings. The number of methoxy groups -OCH3 is 1. The van der Waals surface area contributed by atoms with Crippen LogP contribution in [0.15, 0.2) is 36.4 Å². The molecule has 2 aromatic rings. The number of carbonyl (C=O) groups is 1. The summed E-state index contributed by atoms with van der Waals surface area (Å²) in [5.41, 5.74) is 10.3. The summed E-state index contributed by atoms with van der Waals surface area (Å²) in [4.78, 5) is 11.4. The Morgan fingerprint density at radius 2 is 2.14 bits per heavy atom. The van der Waals surface area contributed by atoms with E-state index in [1.807, 2.05) is 36.4 Å². The molecule has 1 heterocycles. The number of rotatable bonds is 4. The quantitative estimate of drug-likeness (QED) is 0.753. The summed E-state index contributed by atoms with van der Waals surface area (Å²) in [7, 11) is 1.65. The van der Waals surface area contributed by atoms with Crippen LogP contribution in [0.25, 0.3) is 0 Å². The number of anilines is 3. The predicted molar refractivity (Wildman–Crippen MR) is 83.5 cm³/mol. The zero-order chi connectivity index (χ0) is 14.8. The maximum Gasteiger partial charge on any atom is 0.228 e. The Kier molecular flexibility index (Phi) is 3.39. The molecule has 0 atom stereocenters. The summed E-state index contributed by atoms with van der Waals surface area (Å²) in [6.45, 7) is 0.598. The van der Waals surface area contributed by atoms with Gasteiger partial charge < -0.3 is 21.1 Å². The largest absolute Gasteiger partial charge is 0.496 e. The van der Waals surface area contributed by atoms with E-state index in [1.54, 1.807) is 7.11 Å². The van der Waals surface area contributed by atoms with Gasteiger partial charge in [0.2, 0.25) is 5.91 Å². The Bertz CT molecular complexity index is 698. The lowest BCUT2D eigenvalue weighted by molar-refractivity contribution is -0.115. The second-order valence-corrected chi connectivity index (χ2v) is 4.99. The van der Waals surface area contributed by atoms with Crippen molar-refractivity contribution in [2.75, 3.05) is 23.5 Å². The van der Waals surface area contributed by atoms with E-state index in [0.717, 1.165) is 28.3 Å². The van der Waals surface area contributed by atoms with Crippen molar-refractivity contribution in [3.8, 4) is 5.75 Å². The van der Waals surface area contributed by atoms with Gasteiger partial charge in [0.15, 0.2) is 0 Å². The van der Waals surface area contributed by atoms with Gasteiger partial charge in [-0.05, 0) is 23.8 Å². The van der Waals surface area contributed by atoms with Crippen LogP contribution in [-0.4, -0.2) is 13.0 Å². The summed E-state index contributed by atoms with van der Waals surface area (Å²) < 4.78 is 5.32. The molecule has 1 amide bonds. The highest BCUT2D eigenvalue weighted by Gasteiger charge is 2.19. The molecule has 0 radical (unpaired) electrons. The predicted octanol–water partition coefficient (Wildman–Crippen LogP) is 2.38. The lowest BCUT2D eigenvalue weighted by Gasteiger charge is -2.13. The van der Waals surface area contributed by atoms with Crippen molar-refractivity contribution in [2.45, 2.75) is 13.0 Å². The van der Waals surface area contributed by atoms with Gasteiger partial charge >= 0.3 is 0 Å². The van der Waals surface area contributed by atoms with Gasteiger partial charge in [-0.1, -0.05) is 18.2 Å². The minimum absolute atomic E-state index is 0.00581. The van der Waals surface area contributed by atoms with Crippen molar-refractivity contribution >= 4 is 23.0 Å². The van der Waals surface area contributed by atoms with E-state index >= 15 is 0 Å². The molecule has 21 heavy (non-hydrogen) atoms. The zero-order valence-electron chi connectivity index (χ0n) is 11.8. The van der Waals surface area contributed by atoms with Crippen molar-refractivity contribution in [3.63, 3.8) is 0 Å². The molecule has 1 aliphatic rings. The van der Waals surface area contributed by atoms with Crippen LogP contribution in [0.3, 0.4) is 0 Å². The van der Waals surface area contributed by atoms with E-state index in [1.165, 1.54) is 0 Å². The third kappa shape index (κ3) is 2.63. The summed E-state index contributed by atoms with van der Waals surface area (Å²) >= 11 is 0. The molecular weight excluding hydrogens is 266 g/mol. The van der Waals surface area contributed by atoms with Crippen molar-refractivity contribution < 1.29 is 9.53 Å². The third-order valence-corrected chi connectivity index (χ3v) is 3.56. The molecule has 4 N–H and O–H groups in total. The van der Waals surface area contributed by atoms with E-state index in [4.69, 9.17) is 10.5 Å². The molecule has 0 saturated heterocycles. The molecule has 3 rings (SSSR count). The molecule has 0 bridgehead atoms. The minimum Gasteiger partial charge on any atom is -0.496 e. The third-order valence-electron chi connectivity index (χ3n) is 3.56. The number of amides is 1. The standard InChI is InChI=1S/C16H17N3O2/c1-21-15-5-3-2-4-10(15)9-18-14-8-13-11(6-12(14)17)7-16(20)19-13/h2-6,8,18H,7,9,17H2,1H3,(H,19,20). The van der Waals surface area contributed by atoms with Crippen molar-refractivity contribution in [3.05, 3.63) is 47.5 Å². The summed E-state index contributed by atoms with van der Waals surface area (Å²) in [5.74, 6) is 0.837. The van der Waals surface area contributed by atoms with Gasteiger partial charge in [-0.25, -0.2) is 0 Å². The number of hydrogen-bond acceptors (Lipinski definition) is 4. The summed E-state index contributed by atoms with van der Waals surface area (Å²) in [5, 5.41) is 6.12. The number of fused-ring (bicyclic) bond motifs is 1. The van der Waals surface area contributed by atoms with Crippen molar-refractivity contribution in [1.29, 1.82) is 0 Å². The molecule has 0 spiro atoms. The number of hydrogen-bond donors (Lipinski definition) is 3. The number of ether oxygens (including phenoxy) is 1. The van der Waals surface area contributed by atoms with Crippen LogP contribution in [0.4, 0.5) is 17.1 Å². The Morgan fingerprint density at radius 1 is 1.33 bits per heavy atom. The molecule has 0 aliphatic carbocycles. The van der Waals surface area contributed by atoms with Crippen LogP contribution in [-0.2, 0) is 17.8 Å². The Balaban J connectivity index is 1.80. The van der Waals surface area contributed by atoms with Gasteiger partial charge in [0, 0.05) is 17.8 Å². The smallest absolute Gasteiger partial charge is 0.228 e. The van der Waals surface area contributed by atoms with E-state index in [2.05, 4.69) is 10.6 Å². The Hall–Kier alpha value is -2.69. The number of nitrogens with two attached hydrogens (primary N) is 1. The van der Waals surface area contributed by atoms with Crippen molar-refractivity contribution in [2.24, 2.45) is 0 Å². The number of carbonyl (C=O) groups excluding carboxylic acids is 1. The maximum atomic E-state index is 11.4. The molecule has 108 valence electrons. The fraction of sp³-hybridized carbons (Fsp3) is 0.188. The minimum atomic E-state index is 0.00581. The van der Waals surface area contributed by atoms with E-state index in [-0.39, 0.29) is 5.91 Å². The Morgan fingerprint density at radius 3 is 2.95 bits per heavy atom. The fourth-order valence-corrected chi connectivity index (χ4v) is 2.49. The topological polar surface area (TPSA) is 76.4 Å². The first-order valence-corrected chi connectivity index (χ1v) is 6.75. The van der Waals surface area contributed by atoms with E-state index in [9.17, 15) is 4.79 Å². The van der Waals surface area contributed by atoms with E-state index in [0.29, 0.717) is 18.7 Å². The van der Waals surface area contributed by atoms with Gasteiger partial charge in [-0.15, -0.1) is 0 Å². The van der Waals surface area contributed by atoms with Crippen LogP contribution < -0.4 is 21.1 Å². The maximum absolute atomic E-state index is 11.4. The second-order valence-electron chi connectivity index (χ2n) is 4.99. The van der Waals surface area contributed by atoms with Crippen LogP contribution in [0.5, 0.6) is 5.75 Å². The normalized spacial score (nSPS) is 12.7. The molecule has 5 nitrogen and oxygen atoms in total. The SMILES string of the molecule is COc1ccccc1CNc1cc2c(cc1N)CC(=O)N2. The average Bonchev–Trinajstić information content (AvgIpc) is 2.84. The summed E-state index contributed by atoms with van der Waals surface area (Å²) in [6.07, 6.45) is 0.395. The lowest BCUT2D eigenvalue weighted by atomic mass is 10.1. The van der Waals surface area contributed by atoms with Crippen molar-refractivity contribution in [1.82, 2.24) is 0 Å². The highest BCUT2D eigenvalue weighted by Crippen LogP contribution is 2.32. The molecule has 0 unspecified atom stereocenters. The first kappa shape index (κ1) is 13.3. The van der Waals surface area contributed by atoms with Crippen LogP contribution in [0.1, 0.15) is 11.1 Å². The average molecular weight is 283 g/mol. The lowest BCUT2D eigenvalue weighted by Crippen LogP contribution is -2.05. The van der Waals surface area contributed by atoms with Crippen LogP contribution in [0, 0.1) is 0 Å². The second kappa shape index (κ2) is 5.36. The van der Waals surface area contributed by atoms with Gasteiger partial charge in [0.1, 0.15) is 5.75 Å². The molecule has 2 aromatic carbocycles. The first-order valence-electron chi connectivity index (χ1n) is 6.75. The van der Waals surface area contributed by atoms with Gasteiger partial charge in [-0.3, -0.25) is 4.79 Å². The number of nitrogen functional groups attached to an aromatic ring is 1. The van der Waals surface area contributed by atoms with E-state index < -0.39 is 0 Å². The monoisotopic (exact) mass is 283 g/mol. The highest BCUT2D eigenvalue weighted by atomic mass is 16.5. The molecule has 0 aromatic heterocycles. The molecule has 1 aliphatic heterocycles. The molecule has 0 saturated carbocycles. The van der Waals surface area contributed by atoms with Gasteiger partial charge in [0.25, 0.3) is 0 Å². The van der Waals surface area contributed by atoms with Crippen LogP contribution >= 0.6 is 0 Å². The summed E-state index contributed by atoms with van der Waals surface area (Å²) in [6, 6.07) is 11.5. The first-order chi connectivity index (χ1) is 10.2.